The Morgan fingerprint density at radius 2 is 1.77 bits per heavy atom. The maximum absolute atomic E-state index is 12.7. The zero-order chi connectivity index (χ0) is 16.1. The van der Waals surface area contributed by atoms with Crippen molar-refractivity contribution in [1.29, 1.82) is 0 Å². The molecule has 1 unspecified atom stereocenters. The van der Waals surface area contributed by atoms with Gasteiger partial charge < -0.3 is 11.1 Å². The summed E-state index contributed by atoms with van der Waals surface area (Å²) in [6.07, 6.45) is 6.29. The Balaban J connectivity index is 2.05. The Morgan fingerprint density at radius 1 is 1.18 bits per heavy atom. The van der Waals surface area contributed by atoms with Crippen LogP contribution in [0.25, 0.3) is 0 Å². The summed E-state index contributed by atoms with van der Waals surface area (Å²) in [5.74, 6) is 0.355. The Hall–Kier alpha value is -1.55. The molecule has 1 fully saturated rings. The average Bonchev–Trinajstić information content (AvgIpc) is 2.50. The summed E-state index contributed by atoms with van der Waals surface area (Å²) in [5.41, 5.74) is 7.20. The lowest BCUT2D eigenvalue weighted by Crippen LogP contribution is -2.50. The van der Waals surface area contributed by atoms with Crippen LogP contribution in [0.2, 0.25) is 0 Å². The highest BCUT2D eigenvalue weighted by atomic mass is 16.2. The van der Waals surface area contributed by atoms with Crippen LogP contribution in [0.5, 0.6) is 0 Å². The van der Waals surface area contributed by atoms with Gasteiger partial charge in [0.25, 0.3) is 0 Å². The van der Waals surface area contributed by atoms with Gasteiger partial charge in [0, 0.05) is 17.4 Å². The number of likely N-dealkylation sites (N-methyl/N-ethyl adjacent to an activating group) is 1. The fourth-order valence-corrected chi connectivity index (χ4v) is 3.46. The Labute approximate surface area is 134 Å². The highest BCUT2D eigenvalue weighted by Gasteiger charge is 2.31. The molecule has 2 rings (SSSR count). The van der Waals surface area contributed by atoms with Crippen LogP contribution in [-0.2, 0) is 4.79 Å². The first-order chi connectivity index (χ1) is 10.5. The van der Waals surface area contributed by atoms with Gasteiger partial charge in [-0.1, -0.05) is 33.1 Å². The maximum Gasteiger partial charge on any atom is 0.241 e. The molecule has 1 aromatic rings. The third-order valence-corrected chi connectivity index (χ3v) is 4.67. The second kappa shape index (κ2) is 7.63. The van der Waals surface area contributed by atoms with E-state index in [0.717, 1.165) is 5.69 Å². The van der Waals surface area contributed by atoms with Gasteiger partial charge in [-0.15, -0.1) is 0 Å². The smallest absolute Gasteiger partial charge is 0.241 e. The molecule has 0 heterocycles. The number of nitrogens with two attached hydrogens (primary N) is 1. The molecule has 122 valence electrons. The van der Waals surface area contributed by atoms with Crippen molar-refractivity contribution in [3.05, 3.63) is 24.3 Å². The fourth-order valence-electron chi connectivity index (χ4n) is 3.46. The van der Waals surface area contributed by atoms with E-state index in [4.69, 9.17) is 5.73 Å². The molecule has 1 aliphatic carbocycles. The molecule has 4 nitrogen and oxygen atoms in total. The molecule has 1 saturated carbocycles. The minimum Gasteiger partial charge on any atom is -0.399 e. The number of nitrogens with zero attached hydrogens (tertiary/aromatic N) is 1. The monoisotopic (exact) mass is 303 g/mol. The van der Waals surface area contributed by atoms with E-state index in [9.17, 15) is 4.79 Å². The van der Waals surface area contributed by atoms with E-state index in [0.29, 0.717) is 11.7 Å². The van der Waals surface area contributed by atoms with Crippen molar-refractivity contribution in [2.45, 2.75) is 58.0 Å². The van der Waals surface area contributed by atoms with Crippen molar-refractivity contribution < 1.29 is 4.79 Å². The number of nitrogens with one attached hydrogen (secondary N) is 1. The lowest BCUT2D eigenvalue weighted by Gasteiger charge is -2.38. The highest BCUT2D eigenvalue weighted by Crippen LogP contribution is 2.25. The van der Waals surface area contributed by atoms with Crippen LogP contribution in [0.1, 0.15) is 46.0 Å². The van der Waals surface area contributed by atoms with Gasteiger partial charge in [-0.05, 0) is 50.1 Å². The average molecular weight is 303 g/mol. The Kier molecular flexibility index (Phi) is 5.83. The van der Waals surface area contributed by atoms with Crippen molar-refractivity contribution in [3.63, 3.8) is 0 Å². The van der Waals surface area contributed by atoms with E-state index < -0.39 is 0 Å². The van der Waals surface area contributed by atoms with E-state index in [1.807, 2.05) is 24.3 Å². The summed E-state index contributed by atoms with van der Waals surface area (Å²) in [6, 6.07) is 7.76. The highest BCUT2D eigenvalue weighted by molar-refractivity contribution is 5.95. The van der Waals surface area contributed by atoms with Crippen molar-refractivity contribution in [3.8, 4) is 0 Å². The van der Waals surface area contributed by atoms with Crippen LogP contribution in [0, 0.1) is 5.92 Å². The molecule has 4 heteroatoms. The second-order valence-electron chi connectivity index (χ2n) is 6.76. The van der Waals surface area contributed by atoms with Gasteiger partial charge in [-0.25, -0.2) is 0 Å². The molecule has 0 aromatic heterocycles. The molecular weight excluding hydrogens is 274 g/mol. The molecule has 0 aliphatic heterocycles. The zero-order valence-corrected chi connectivity index (χ0v) is 14.0. The summed E-state index contributed by atoms with van der Waals surface area (Å²) in [6.45, 7) is 4.24. The molecule has 1 amide bonds. The normalized spacial score (nSPS) is 17.7. The number of hydrogen-bond acceptors (Lipinski definition) is 3. The number of rotatable bonds is 5. The van der Waals surface area contributed by atoms with Crippen LogP contribution in [-0.4, -0.2) is 29.9 Å². The van der Waals surface area contributed by atoms with Gasteiger partial charge in [0.1, 0.15) is 0 Å². The molecule has 1 atom stereocenters. The topological polar surface area (TPSA) is 58.4 Å². The lowest BCUT2D eigenvalue weighted by molar-refractivity contribution is -0.123. The van der Waals surface area contributed by atoms with E-state index in [1.54, 1.807) is 0 Å². The Bertz CT molecular complexity index is 478. The summed E-state index contributed by atoms with van der Waals surface area (Å²) >= 11 is 0. The molecule has 1 aromatic carbocycles. The predicted molar refractivity (Wildman–Crippen MR) is 92.7 cm³/mol. The number of amides is 1. The van der Waals surface area contributed by atoms with E-state index in [-0.39, 0.29) is 17.9 Å². The quantitative estimate of drug-likeness (QED) is 0.819. The van der Waals surface area contributed by atoms with Gasteiger partial charge in [0.15, 0.2) is 0 Å². The third-order valence-electron chi connectivity index (χ3n) is 4.67. The van der Waals surface area contributed by atoms with E-state index >= 15 is 0 Å². The first-order valence-electron chi connectivity index (χ1n) is 8.37. The van der Waals surface area contributed by atoms with Crippen molar-refractivity contribution in [2.75, 3.05) is 18.1 Å². The lowest BCUT2D eigenvalue weighted by atomic mass is 9.91. The van der Waals surface area contributed by atoms with E-state index in [2.05, 4.69) is 31.1 Å². The first-order valence-corrected chi connectivity index (χ1v) is 8.37. The molecule has 22 heavy (non-hydrogen) atoms. The summed E-state index contributed by atoms with van der Waals surface area (Å²) < 4.78 is 0. The van der Waals surface area contributed by atoms with Crippen LogP contribution >= 0.6 is 0 Å². The number of benzene rings is 1. The van der Waals surface area contributed by atoms with Gasteiger partial charge in [0.05, 0.1) is 6.04 Å². The van der Waals surface area contributed by atoms with Gasteiger partial charge >= 0.3 is 0 Å². The molecule has 3 N–H and O–H groups in total. The first kappa shape index (κ1) is 16.8. The van der Waals surface area contributed by atoms with Crippen LogP contribution < -0.4 is 11.1 Å². The van der Waals surface area contributed by atoms with Crippen LogP contribution in [0.4, 0.5) is 11.4 Å². The number of hydrogen-bond donors (Lipinski definition) is 2. The minimum atomic E-state index is -0.0966. The summed E-state index contributed by atoms with van der Waals surface area (Å²) in [4.78, 5) is 15.0. The molecule has 0 bridgehead atoms. The van der Waals surface area contributed by atoms with Crippen LogP contribution in [0.15, 0.2) is 24.3 Å². The molecular formula is C18H29N3O. The number of carbonyl (C=O) groups excluding carboxylic acids is 1. The van der Waals surface area contributed by atoms with E-state index in [1.165, 1.54) is 32.1 Å². The van der Waals surface area contributed by atoms with Gasteiger partial charge in [0.2, 0.25) is 5.91 Å². The standard InChI is InChI=1S/C18H29N3O/c1-13(2)17(21(3)16-7-5-4-6-8-16)18(22)20-15-11-9-14(19)10-12-15/h9-13,16-17H,4-8,19H2,1-3H3,(H,20,22). The number of anilines is 2. The van der Waals surface area contributed by atoms with Crippen LogP contribution in [0.3, 0.4) is 0 Å². The van der Waals surface area contributed by atoms with Gasteiger partial charge in [-0.2, -0.15) is 0 Å². The third kappa shape index (κ3) is 4.23. The molecule has 0 radical (unpaired) electrons. The molecule has 0 spiro atoms. The molecule has 1 aliphatic rings. The summed E-state index contributed by atoms with van der Waals surface area (Å²) in [5, 5.41) is 3.03. The second-order valence-corrected chi connectivity index (χ2v) is 6.76. The maximum atomic E-state index is 12.7. The largest absolute Gasteiger partial charge is 0.399 e. The number of nitrogen functional groups attached to an aromatic ring is 1. The fraction of sp³-hybridized carbons (Fsp3) is 0.611. The van der Waals surface area contributed by atoms with Crippen molar-refractivity contribution in [1.82, 2.24) is 4.90 Å². The zero-order valence-electron chi connectivity index (χ0n) is 14.0. The van der Waals surface area contributed by atoms with Crippen molar-refractivity contribution in [2.24, 2.45) is 5.92 Å². The Morgan fingerprint density at radius 3 is 2.32 bits per heavy atom. The minimum absolute atomic E-state index is 0.0767. The SMILES string of the molecule is CC(C)C(C(=O)Nc1ccc(N)cc1)N(C)C1CCCCC1. The number of carbonyl (C=O) groups is 1. The summed E-state index contributed by atoms with van der Waals surface area (Å²) in [7, 11) is 2.10. The molecule has 0 saturated heterocycles. The van der Waals surface area contributed by atoms with Gasteiger partial charge in [-0.3, -0.25) is 9.69 Å². The predicted octanol–water partition coefficient (Wildman–Crippen LogP) is 3.50. The van der Waals surface area contributed by atoms with Crippen molar-refractivity contribution >= 4 is 17.3 Å².